The van der Waals surface area contributed by atoms with Crippen LogP contribution in [0.2, 0.25) is 0 Å². The molecule has 0 radical (unpaired) electrons. The van der Waals surface area contributed by atoms with E-state index >= 15 is 0 Å². The van der Waals surface area contributed by atoms with Crippen molar-refractivity contribution in [3.63, 3.8) is 0 Å². The van der Waals surface area contributed by atoms with Crippen molar-refractivity contribution in [2.75, 3.05) is 19.0 Å². The summed E-state index contributed by atoms with van der Waals surface area (Å²) >= 11 is 0. The Morgan fingerprint density at radius 2 is 2.24 bits per heavy atom. The van der Waals surface area contributed by atoms with E-state index in [0.717, 1.165) is 6.42 Å². The third-order valence-electron chi connectivity index (χ3n) is 4.22. The second kappa shape index (κ2) is 5.11. The summed E-state index contributed by atoms with van der Waals surface area (Å²) < 4.78 is 24.9. The molecule has 1 N–H and O–H groups in total. The van der Waals surface area contributed by atoms with Crippen LogP contribution >= 0.6 is 0 Å². The van der Waals surface area contributed by atoms with Crippen LogP contribution in [0.15, 0.2) is 18.5 Å². The van der Waals surface area contributed by atoms with E-state index in [2.05, 4.69) is 22.2 Å². The maximum atomic E-state index is 14.3. The molecule has 2 aromatic rings. The molecule has 21 heavy (non-hydrogen) atoms. The molecule has 1 fully saturated rings. The van der Waals surface area contributed by atoms with Crippen LogP contribution in [-0.2, 0) is 4.74 Å². The minimum Gasteiger partial charge on any atom is -0.494 e. The molecule has 0 bridgehead atoms. The third kappa shape index (κ3) is 2.29. The molecular formula is C15H18FN3O2. The predicted octanol–water partition coefficient (Wildman–Crippen LogP) is 2.76. The van der Waals surface area contributed by atoms with Gasteiger partial charge in [-0.3, -0.25) is 0 Å². The highest BCUT2D eigenvalue weighted by Gasteiger charge is 2.37. The second-order valence-electron chi connectivity index (χ2n) is 5.51. The summed E-state index contributed by atoms with van der Waals surface area (Å²) in [6.07, 6.45) is 2.29. The standard InChI is InChI=1S/C15H18FN3O2/c1-9-15(2,6-7-21-9)19-14-10-4-5-11(20-3)12(16)13(10)17-8-18-14/h4-5,8-9H,6-7H2,1-3H3,(H,17,18,19). The summed E-state index contributed by atoms with van der Waals surface area (Å²) in [4.78, 5) is 8.29. The van der Waals surface area contributed by atoms with E-state index in [1.165, 1.54) is 13.4 Å². The summed E-state index contributed by atoms with van der Waals surface area (Å²) in [5, 5.41) is 4.03. The molecule has 6 heteroatoms. The van der Waals surface area contributed by atoms with Gasteiger partial charge in [0.15, 0.2) is 11.6 Å². The number of rotatable bonds is 3. The molecule has 1 aromatic heterocycles. The van der Waals surface area contributed by atoms with E-state index < -0.39 is 5.82 Å². The summed E-state index contributed by atoms with van der Waals surface area (Å²) in [6.45, 7) is 4.81. The smallest absolute Gasteiger partial charge is 0.191 e. The molecule has 5 nitrogen and oxygen atoms in total. The Hall–Kier alpha value is -1.95. The number of fused-ring (bicyclic) bond motifs is 1. The number of methoxy groups -OCH3 is 1. The molecular weight excluding hydrogens is 273 g/mol. The molecule has 0 aliphatic carbocycles. The van der Waals surface area contributed by atoms with Crippen molar-refractivity contribution in [2.24, 2.45) is 0 Å². The van der Waals surface area contributed by atoms with Gasteiger partial charge in [-0.25, -0.2) is 14.4 Å². The van der Waals surface area contributed by atoms with Crippen LogP contribution in [-0.4, -0.2) is 35.3 Å². The monoisotopic (exact) mass is 291 g/mol. The first-order valence-corrected chi connectivity index (χ1v) is 6.92. The van der Waals surface area contributed by atoms with Crippen molar-refractivity contribution >= 4 is 16.7 Å². The Bertz CT molecular complexity index is 679. The van der Waals surface area contributed by atoms with Crippen LogP contribution in [0.5, 0.6) is 5.75 Å². The minimum atomic E-state index is -0.471. The number of hydrogen-bond acceptors (Lipinski definition) is 5. The Kier molecular flexibility index (Phi) is 3.41. The maximum absolute atomic E-state index is 14.3. The van der Waals surface area contributed by atoms with E-state index in [9.17, 15) is 4.39 Å². The van der Waals surface area contributed by atoms with E-state index in [1.54, 1.807) is 12.1 Å². The van der Waals surface area contributed by atoms with Gasteiger partial charge in [0.25, 0.3) is 0 Å². The Balaban J connectivity index is 2.06. The lowest BCUT2D eigenvalue weighted by Gasteiger charge is -2.29. The van der Waals surface area contributed by atoms with Crippen molar-refractivity contribution in [1.82, 2.24) is 9.97 Å². The first-order valence-electron chi connectivity index (χ1n) is 6.92. The number of nitrogens with zero attached hydrogens (tertiary/aromatic N) is 2. The number of halogens is 1. The summed E-state index contributed by atoms with van der Waals surface area (Å²) in [5.74, 6) is 0.318. The molecule has 2 unspecified atom stereocenters. The Morgan fingerprint density at radius 3 is 2.90 bits per heavy atom. The van der Waals surface area contributed by atoms with Gasteiger partial charge in [-0.1, -0.05) is 0 Å². The van der Waals surface area contributed by atoms with Crippen LogP contribution < -0.4 is 10.1 Å². The largest absolute Gasteiger partial charge is 0.494 e. The lowest BCUT2D eigenvalue weighted by molar-refractivity contribution is 0.105. The summed E-state index contributed by atoms with van der Waals surface area (Å²) in [7, 11) is 1.43. The Morgan fingerprint density at radius 1 is 1.43 bits per heavy atom. The molecule has 3 rings (SSSR count). The highest BCUT2D eigenvalue weighted by molar-refractivity contribution is 5.90. The van der Waals surface area contributed by atoms with Crippen molar-refractivity contribution < 1.29 is 13.9 Å². The van der Waals surface area contributed by atoms with Crippen molar-refractivity contribution in [3.05, 3.63) is 24.3 Å². The lowest BCUT2D eigenvalue weighted by Crippen LogP contribution is -2.41. The van der Waals surface area contributed by atoms with Crippen LogP contribution in [0.4, 0.5) is 10.2 Å². The number of aromatic nitrogens is 2. The zero-order valence-corrected chi connectivity index (χ0v) is 12.3. The topological polar surface area (TPSA) is 56.3 Å². The summed E-state index contributed by atoms with van der Waals surface area (Å²) in [5.41, 5.74) is 0.0274. The van der Waals surface area contributed by atoms with Gasteiger partial charge in [0.2, 0.25) is 0 Å². The highest BCUT2D eigenvalue weighted by atomic mass is 19.1. The van der Waals surface area contributed by atoms with Gasteiger partial charge in [-0.05, 0) is 32.4 Å². The molecule has 1 saturated heterocycles. The van der Waals surface area contributed by atoms with Gasteiger partial charge in [-0.2, -0.15) is 0 Å². The molecule has 112 valence electrons. The van der Waals surface area contributed by atoms with Gasteiger partial charge >= 0.3 is 0 Å². The van der Waals surface area contributed by atoms with E-state index in [1.807, 2.05) is 6.92 Å². The lowest BCUT2D eigenvalue weighted by atomic mass is 9.94. The summed E-state index contributed by atoms with van der Waals surface area (Å²) in [6, 6.07) is 3.35. The molecule has 1 aliphatic heterocycles. The molecule has 1 aliphatic rings. The maximum Gasteiger partial charge on any atom is 0.191 e. The molecule has 0 amide bonds. The normalized spacial score (nSPS) is 25.2. The van der Waals surface area contributed by atoms with Crippen LogP contribution in [0.25, 0.3) is 10.9 Å². The molecule has 2 atom stereocenters. The number of benzene rings is 1. The molecule has 2 heterocycles. The zero-order chi connectivity index (χ0) is 15.0. The first-order chi connectivity index (χ1) is 10.0. The number of ether oxygens (including phenoxy) is 2. The average Bonchev–Trinajstić information content (AvgIpc) is 2.80. The van der Waals surface area contributed by atoms with E-state index in [4.69, 9.17) is 9.47 Å². The SMILES string of the molecule is COc1ccc2c(NC3(C)CCOC3C)ncnc2c1F. The Labute approximate surface area is 122 Å². The van der Waals surface area contributed by atoms with E-state index in [0.29, 0.717) is 17.8 Å². The predicted molar refractivity (Wildman–Crippen MR) is 78.1 cm³/mol. The van der Waals surface area contributed by atoms with Crippen molar-refractivity contribution in [1.29, 1.82) is 0 Å². The third-order valence-corrected chi connectivity index (χ3v) is 4.22. The van der Waals surface area contributed by atoms with Gasteiger partial charge in [0.05, 0.1) is 18.8 Å². The van der Waals surface area contributed by atoms with Crippen molar-refractivity contribution in [3.8, 4) is 5.75 Å². The molecule has 0 saturated carbocycles. The fraction of sp³-hybridized carbons (Fsp3) is 0.467. The average molecular weight is 291 g/mol. The number of anilines is 1. The molecule has 0 spiro atoms. The minimum absolute atomic E-state index is 0.0608. The fourth-order valence-corrected chi connectivity index (χ4v) is 2.60. The highest BCUT2D eigenvalue weighted by Crippen LogP contribution is 2.33. The van der Waals surface area contributed by atoms with Crippen LogP contribution in [0.1, 0.15) is 20.3 Å². The first kappa shape index (κ1) is 14.0. The zero-order valence-electron chi connectivity index (χ0n) is 12.3. The van der Waals surface area contributed by atoms with Gasteiger partial charge in [-0.15, -0.1) is 0 Å². The fourth-order valence-electron chi connectivity index (χ4n) is 2.60. The molecule has 1 aromatic carbocycles. The number of hydrogen-bond donors (Lipinski definition) is 1. The quantitative estimate of drug-likeness (QED) is 0.942. The number of nitrogens with one attached hydrogen (secondary N) is 1. The van der Waals surface area contributed by atoms with Gasteiger partial charge in [0.1, 0.15) is 17.7 Å². The van der Waals surface area contributed by atoms with Crippen molar-refractivity contribution in [2.45, 2.75) is 31.9 Å². The van der Waals surface area contributed by atoms with Crippen LogP contribution in [0, 0.1) is 5.82 Å². The van der Waals surface area contributed by atoms with Crippen LogP contribution in [0.3, 0.4) is 0 Å². The van der Waals surface area contributed by atoms with Gasteiger partial charge < -0.3 is 14.8 Å². The van der Waals surface area contributed by atoms with E-state index in [-0.39, 0.29) is 22.9 Å². The van der Waals surface area contributed by atoms with Gasteiger partial charge in [0, 0.05) is 12.0 Å². The second-order valence-corrected chi connectivity index (χ2v) is 5.51.